The zero-order valence-corrected chi connectivity index (χ0v) is 11.6. The van der Waals surface area contributed by atoms with Crippen molar-refractivity contribution >= 4 is 0 Å². The third-order valence-electron chi connectivity index (χ3n) is 4.17. The number of hydrogen-bond donors (Lipinski definition) is 1. The number of hydrogen-bond acceptors (Lipinski definition) is 2. The average molecular weight is 240 g/mol. The van der Waals surface area contributed by atoms with Crippen LogP contribution in [0.5, 0.6) is 0 Å². The first-order chi connectivity index (χ1) is 8.07. The fraction of sp³-hybridized carbons (Fsp3) is 0.867. The SMILES string of the molecule is C=CCCCCCC(O)C1C(C)OC(C)C1C. The Labute approximate surface area is 106 Å². The topological polar surface area (TPSA) is 29.5 Å². The number of unbranched alkanes of at least 4 members (excludes halogenated alkanes) is 3. The summed E-state index contributed by atoms with van der Waals surface area (Å²) in [7, 11) is 0. The highest BCUT2D eigenvalue weighted by molar-refractivity contribution is 4.88. The summed E-state index contributed by atoms with van der Waals surface area (Å²) in [5, 5.41) is 10.3. The molecule has 0 spiro atoms. The molecular formula is C15H28O2. The van der Waals surface area contributed by atoms with Gasteiger partial charge in [0.05, 0.1) is 18.3 Å². The lowest BCUT2D eigenvalue weighted by molar-refractivity contribution is 0.0203. The molecule has 0 amide bonds. The van der Waals surface area contributed by atoms with E-state index in [4.69, 9.17) is 4.74 Å². The van der Waals surface area contributed by atoms with Gasteiger partial charge in [-0.1, -0.05) is 25.8 Å². The van der Waals surface area contributed by atoms with Gasteiger partial charge in [0.25, 0.3) is 0 Å². The highest BCUT2D eigenvalue weighted by Gasteiger charge is 2.40. The van der Waals surface area contributed by atoms with Gasteiger partial charge < -0.3 is 9.84 Å². The molecular weight excluding hydrogens is 212 g/mol. The second kappa shape index (κ2) is 7.17. The Hall–Kier alpha value is -0.340. The van der Waals surface area contributed by atoms with Crippen LogP contribution in [0.4, 0.5) is 0 Å². The molecule has 0 aromatic heterocycles. The first-order valence-electron chi connectivity index (χ1n) is 7.02. The molecule has 1 heterocycles. The van der Waals surface area contributed by atoms with E-state index in [1.54, 1.807) is 0 Å². The maximum absolute atomic E-state index is 10.3. The number of rotatable bonds is 7. The molecule has 5 unspecified atom stereocenters. The lowest BCUT2D eigenvalue weighted by atomic mass is 9.83. The summed E-state index contributed by atoms with van der Waals surface area (Å²) in [6.07, 6.45) is 7.74. The maximum atomic E-state index is 10.3. The van der Waals surface area contributed by atoms with Crippen molar-refractivity contribution in [2.24, 2.45) is 11.8 Å². The van der Waals surface area contributed by atoms with Gasteiger partial charge >= 0.3 is 0 Å². The van der Waals surface area contributed by atoms with E-state index in [2.05, 4.69) is 27.4 Å². The van der Waals surface area contributed by atoms with Crippen LogP contribution in [-0.2, 0) is 4.74 Å². The van der Waals surface area contributed by atoms with Crippen LogP contribution < -0.4 is 0 Å². The van der Waals surface area contributed by atoms with Gasteiger partial charge in [-0.3, -0.25) is 0 Å². The van der Waals surface area contributed by atoms with Crippen molar-refractivity contribution in [1.82, 2.24) is 0 Å². The molecule has 0 aliphatic carbocycles. The Morgan fingerprint density at radius 1 is 1.18 bits per heavy atom. The second-order valence-electron chi connectivity index (χ2n) is 5.48. The van der Waals surface area contributed by atoms with E-state index >= 15 is 0 Å². The number of aliphatic hydroxyl groups is 1. The Morgan fingerprint density at radius 3 is 2.41 bits per heavy atom. The van der Waals surface area contributed by atoms with Crippen molar-refractivity contribution in [2.75, 3.05) is 0 Å². The molecule has 2 nitrogen and oxygen atoms in total. The van der Waals surface area contributed by atoms with E-state index in [0.717, 1.165) is 19.3 Å². The minimum absolute atomic E-state index is 0.197. The largest absolute Gasteiger partial charge is 0.393 e. The molecule has 2 heteroatoms. The first kappa shape index (κ1) is 14.7. The van der Waals surface area contributed by atoms with Crippen molar-refractivity contribution in [3.63, 3.8) is 0 Å². The smallest absolute Gasteiger partial charge is 0.0607 e. The normalized spacial score (nSPS) is 34.8. The first-order valence-corrected chi connectivity index (χ1v) is 7.02. The van der Waals surface area contributed by atoms with Crippen LogP contribution in [0.15, 0.2) is 12.7 Å². The molecule has 1 N–H and O–H groups in total. The number of allylic oxidation sites excluding steroid dienone is 1. The Balaban J connectivity index is 2.27. The predicted molar refractivity (Wildman–Crippen MR) is 72.0 cm³/mol. The molecule has 0 radical (unpaired) electrons. The van der Waals surface area contributed by atoms with E-state index in [1.807, 2.05) is 6.08 Å². The fourth-order valence-corrected chi connectivity index (χ4v) is 2.97. The summed E-state index contributed by atoms with van der Waals surface area (Å²) in [5.41, 5.74) is 0. The highest BCUT2D eigenvalue weighted by Crippen LogP contribution is 2.35. The van der Waals surface area contributed by atoms with Crippen LogP contribution in [0.3, 0.4) is 0 Å². The molecule has 0 aromatic rings. The summed E-state index contributed by atoms with van der Waals surface area (Å²) in [6, 6.07) is 0. The second-order valence-corrected chi connectivity index (χ2v) is 5.48. The van der Waals surface area contributed by atoms with Gasteiger partial charge in [-0.15, -0.1) is 6.58 Å². The Morgan fingerprint density at radius 2 is 1.88 bits per heavy atom. The van der Waals surface area contributed by atoms with Gasteiger partial charge in [0.2, 0.25) is 0 Å². The van der Waals surface area contributed by atoms with E-state index in [9.17, 15) is 5.11 Å². The molecule has 1 rings (SSSR count). The summed E-state index contributed by atoms with van der Waals surface area (Å²) < 4.78 is 5.78. The minimum Gasteiger partial charge on any atom is -0.393 e. The van der Waals surface area contributed by atoms with Gasteiger partial charge in [0.15, 0.2) is 0 Å². The van der Waals surface area contributed by atoms with Crippen LogP contribution in [0.25, 0.3) is 0 Å². The molecule has 1 saturated heterocycles. The van der Waals surface area contributed by atoms with Crippen LogP contribution in [-0.4, -0.2) is 23.4 Å². The quantitative estimate of drug-likeness (QED) is 0.545. The molecule has 0 aromatic carbocycles. The maximum Gasteiger partial charge on any atom is 0.0607 e. The van der Waals surface area contributed by atoms with E-state index in [1.165, 1.54) is 12.8 Å². The zero-order valence-electron chi connectivity index (χ0n) is 11.6. The molecule has 5 atom stereocenters. The number of ether oxygens (including phenoxy) is 1. The summed E-state index contributed by atoms with van der Waals surface area (Å²) in [5.74, 6) is 0.776. The van der Waals surface area contributed by atoms with Gasteiger partial charge in [-0.05, 0) is 39.0 Å². The average Bonchev–Trinajstić information content (AvgIpc) is 2.53. The van der Waals surface area contributed by atoms with E-state index < -0.39 is 0 Å². The molecule has 0 saturated carbocycles. The molecule has 17 heavy (non-hydrogen) atoms. The van der Waals surface area contributed by atoms with E-state index in [0.29, 0.717) is 11.8 Å². The van der Waals surface area contributed by atoms with Gasteiger partial charge in [-0.25, -0.2) is 0 Å². The summed E-state index contributed by atoms with van der Waals surface area (Å²) >= 11 is 0. The van der Waals surface area contributed by atoms with Crippen molar-refractivity contribution in [1.29, 1.82) is 0 Å². The van der Waals surface area contributed by atoms with Gasteiger partial charge in [-0.2, -0.15) is 0 Å². The number of aliphatic hydroxyl groups excluding tert-OH is 1. The Bertz CT molecular complexity index is 227. The van der Waals surface area contributed by atoms with Crippen LogP contribution >= 0.6 is 0 Å². The molecule has 0 bridgehead atoms. The molecule has 100 valence electrons. The van der Waals surface area contributed by atoms with Gasteiger partial charge in [0.1, 0.15) is 0 Å². The predicted octanol–water partition coefficient (Wildman–Crippen LogP) is 3.54. The van der Waals surface area contributed by atoms with Crippen LogP contribution in [0.2, 0.25) is 0 Å². The molecule has 1 fully saturated rings. The van der Waals surface area contributed by atoms with Crippen molar-refractivity contribution < 1.29 is 9.84 Å². The summed E-state index contributed by atoms with van der Waals surface area (Å²) in [4.78, 5) is 0. The van der Waals surface area contributed by atoms with Crippen molar-refractivity contribution in [3.05, 3.63) is 12.7 Å². The van der Waals surface area contributed by atoms with E-state index in [-0.39, 0.29) is 18.3 Å². The lowest BCUT2D eigenvalue weighted by Gasteiger charge is -2.24. The minimum atomic E-state index is -0.200. The van der Waals surface area contributed by atoms with Gasteiger partial charge in [0, 0.05) is 5.92 Å². The molecule has 1 aliphatic rings. The highest BCUT2D eigenvalue weighted by atomic mass is 16.5. The molecule has 1 aliphatic heterocycles. The summed E-state index contributed by atoms with van der Waals surface area (Å²) in [6.45, 7) is 10.1. The third kappa shape index (κ3) is 4.11. The Kier molecular flexibility index (Phi) is 6.21. The standard InChI is InChI=1S/C15H28O2/c1-5-6-7-8-9-10-14(16)15-11(2)12(3)17-13(15)4/h5,11-16H,1,6-10H2,2-4H3. The third-order valence-corrected chi connectivity index (χ3v) is 4.17. The van der Waals surface area contributed by atoms with Crippen LogP contribution in [0, 0.1) is 11.8 Å². The lowest BCUT2D eigenvalue weighted by Crippen LogP contribution is -2.30. The fourth-order valence-electron chi connectivity index (χ4n) is 2.97. The van der Waals surface area contributed by atoms with Crippen molar-refractivity contribution in [3.8, 4) is 0 Å². The zero-order chi connectivity index (χ0) is 12.8. The van der Waals surface area contributed by atoms with Crippen molar-refractivity contribution in [2.45, 2.75) is 71.2 Å². The van der Waals surface area contributed by atoms with Crippen LogP contribution in [0.1, 0.15) is 52.9 Å². The monoisotopic (exact) mass is 240 g/mol.